The maximum atomic E-state index is 11.9. The molecule has 0 bridgehead atoms. The zero-order valence-electron chi connectivity index (χ0n) is 9.03. The van der Waals surface area contributed by atoms with E-state index in [1.807, 2.05) is 0 Å². The van der Waals surface area contributed by atoms with Crippen LogP contribution in [0.25, 0.3) is 0 Å². The summed E-state index contributed by atoms with van der Waals surface area (Å²) in [4.78, 5) is 23.8. The first-order chi connectivity index (χ1) is 7.15. The molecule has 5 heteroatoms. The van der Waals surface area contributed by atoms with E-state index in [9.17, 15) is 9.59 Å². The number of hydrogen-bond donors (Lipinski definition) is 2. The third-order valence-corrected chi connectivity index (χ3v) is 2.67. The maximum absolute atomic E-state index is 11.9. The Labute approximate surface area is 89.4 Å². The van der Waals surface area contributed by atoms with Gasteiger partial charge in [-0.05, 0) is 26.3 Å². The Kier molecular flexibility index (Phi) is 4.55. The van der Waals surface area contributed by atoms with E-state index in [4.69, 9.17) is 5.11 Å². The van der Waals surface area contributed by atoms with E-state index in [-0.39, 0.29) is 18.4 Å². The lowest BCUT2D eigenvalue weighted by atomic mass is 9.98. The number of amides is 1. The highest BCUT2D eigenvalue weighted by molar-refractivity contribution is 5.83. The summed E-state index contributed by atoms with van der Waals surface area (Å²) in [5, 5.41) is 11.8. The Morgan fingerprint density at radius 3 is 2.73 bits per heavy atom. The number of carboxylic acid groups (broad SMARTS) is 1. The van der Waals surface area contributed by atoms with Crippen LogP contribution in [-0.4, -0.2) is 48.1 Å². The Hall–Kier alpha value is -1.10. The molecule has 0 aromatic rings. The van der Waals surface area contributed by atoms with Gasteiger partial charge in [0.25, 0.3) is 0 Å². The van der Waals surface area contributed by atoms with Gasteiger partial charge in [0.1, 0.15) is 6.54 Å². The normalized spacial score (nSPS) is 21.0. The van der Waals surface area contributed by atoms with Crippen LogP contribution < -0.4 is 5.32 Å². The number of nitrogens with zero attached hydrogens (tertiary/aromatic N) is 1. The minimum absolute atomic E-state index is 0.0351. The van der Waals surface area contributed by atoms with Crippen LogP contribution in [-0.2, 0) is 9.59 Å². The van der Waals surface area contributed by atoms with Gasteiger partial charge in [-0.2, -0.15) is 0 Å². The minimum atomic E-state index is -0.950. The fourth-order valence-corrected chi connectivity index (χ4v) is 1.83. The molecular weight excluding hydrogens is 196 g/mol. The van der Waals surface area contributed by atoms with Gasteiger partial charge in [-0.1, -0.05) is 0 Å². The second kappa shape index (κ2) is 5.70. The standard InChI is InChI=1S/C10H18N2O3/c1-2-12(7-9(13)14)10(15)8-4-3-5-11-6-8/h8,11H,2-7H2,1H3,(H,13,14)/t8-/m1/s1. The van der Waals surface area contributed by atoms with E-state index in [0.717, 1.165) is 19.4 Å². The average Bonchev–Trinajstić information content (AvgIpc) is 2.26. The van der Waals surface area contributed by atoms with Gasteiger partial charge in [0.05, 0.1) is 5.92 Å². The van der Waals surface area contributed by atoms with Crippen LogP contribution in [0.1, 0.15) is 19.8 Å². The van der Waals surface area contributed by atoms with Crippen molar-refractivity contribution in [3.8, 4) is 0 Å². The van der Waals surface area contributed by atoms with Crippen LogP contribution >= 0.6 is 0 Å². The monoisotopic (exact) mass is 214 g/mol. The number of hydrogen-bond acceptors (Lipinski definition) is 3. The fourth-order valence-electron chi connectivity index (χ4n) is 1.83. The molecule has 1 aliphatic rings. The number of likely N-dealkylation sites (N-methyl/N-ethyl adjacent to an activating group) is 1. The van der Waals surface area contributed by atoms with Gasteiger partial charge >= 0.3 is 5.97 Å². The van der Waals surface area contributed by atoms with Crippen molar-refractivity contribution in [2.45, 2.75) is 19.8 Å². The summed E-state index contributed by atoms with van der Waals surface area (Å²) in [6.07, 6.45) is 1.85. The third-order valence-electron chi connectivity index (χ3n) is 2.67. The number of carbonyl (C=O) groups excluding carboxylic acids is 1. The molecule has 0 aliphatic carbocycles. The molecule has 15 heavy (non-hydrogen) atoms. The van der Waals surface area contributed by atoms with Crippen LogP contribution in [0.3, 0.4) is 0 Å². The molecule has 0 aromatic carbocycles. The van der Waals surface area contributed by atoms with Crippen molar-refractivity contribution in [2.75, 3.05) is 26.2 Å². The molecule has 0 saturated carbocycles. The largest absolute Gasteiger partial charge is 0.480 e. The molecule has 1 saturated heterocycles. The Bertz CT molecular complexity index is 237. The highest BCUT2D eigenvalue weighted by atomic mass is 16.4. The van der Waals surface area contributed by atoms with Crippen LogP contribution in [0.5, 0.6) is 0 Å². The molecular formula is C10H18N2O3. The van der Waals surface area contributed by atoms with Crippen LogP contribution in [0.2, 0.25) is 0 Å². The summed E-state index contributed by atoms with van der Waals surface area (Å²) in [7, 11) is 0. The Morgan fingerprint density at radius 2 is 2.27 bits per heavy atom. The van der Waals surface area contributed by atoms with Gasteiger partial charge in [-0.15, -0.1) is 0 Å². The smallest absolute Gasteiger partial charge is 0.323 e. The van der Waals surface area contributed by atoms with E-state index < -0.39 is 5.97 Å². The Morgan fingerprint density at radius 1 is 1.53 bits per heavy atom. The molecule has 86 valence electrons. The molecule has 1 fully saturated rings. The molecule has 0 aromatic heterocycles. The quantitative estimate of drug-likeness (QED) is 0.686. The lowest BCUT2D eigenvalue weighted by Crippen LogP contribution is -2.44. The molecule has 2 N–H and O–H groups in total. The predicted molar refractivity (Wildman–Crippen MR) is 55.5 cm³/mol. The number of piperidine rings is 1. The second-order valence-corrected chi connectivity index (χ2v) is 3.79. The highest BCUT2D eigenvalue weighted by Gasteiger charge is 2.25. The third kappa shape index (κ3) is 3.51. The van der Waals surface area contributed by atoms with Crippen molar-refractivity contribution in [2.24, 2.45) is 5.92 Å². The summed E-state index contributed by atoms with van der Waals surface area (Å²) in [6.45, 7) is 3.70. The van der Waals surface area contributed by atoms with Gasteiger partial charge in [0.2, 0.25) is 5.91 Å². The van der Waals surface area contributed by atoms with E-state index in [1.165, 1.54) is 4.90 Å². The first-order valence-electron chi connectivity index (χ1n) is 5.36. The SMILES string of the molecule is CCN(CC(=O)O)C(=O)[C@@H]1CCCNC1. The van der Waals surface area contributed by atoms with Crippen LogP contribution in [0.15, 0.2) is 0 Å². The molecule has 1 aliphatic heterocycles. The zero-order valence-corrected chi connectivity index (χ0v) is 9.03. The number of carboxylic acids is 1. The molecule has 1 rings (SSSR count). The van der Waals surface area contributed by atoms with Crippen molar-refractivity contribution in [3.05, 3.63) is 0 Å². The average molecular weight is 214 g/mol. The first kappa shape index (κ1) is 12.0. The predicted octanol–water partition coefficient (Wildman–Crippen LogP) is -0.0809. The summed E-state index contributed by atoms with van der Waals surface area (Å²) >= 11 is 0. The minimum Gasteiger partial charge on any atom is -0.480 e. The fraction of sp³-hybridized carbons (Fsp3) is 0.800. The molecule has 5 nitrogen and oxygen atoms in total. The van der Waals surface area contributed by atoms with E-state index in [1.54, 1.807) is 6.92 Å². The van der Waals surface area contributed by atoms with Gasteiger partial charge < -0.3 is 15.3 Å². The summed E-state index contributed by atoms with van der Waals surface area (Å²) in [5.74, 6) is -1.03. The molecule has 0 unspecified atom stereocenters. The maximum Gasteiger partial charge on any atom is 0.323 e. The van der Waals surface area contributed by atoms with Crippen molar-refractivity contribution >= 4 is 11.9 Å². The summed E-state index contributed by atoms with van der Waals surface area (Å²) < 4.78 is 0. The first-order valence-corrected chi connectivity index (χ1v) is 5.36. The van der Waals surface area contributed by atoms with Crippen LogP contribution in [0.4, 0.5) is 0 Å². The van der Waals surface area contributed by atoms with Gasteiger partial charge in [-0.3, -0.25) is 9.59 Å². The van der Waals surface area contributed by atoms with Crippen molar-refractivity contribution in [3.63, 3.8) is 0 Å². The van der Waals surface area contributed by atoms with Gasteiger partial charge in [0, 0.05) is 13.1 Å². The van der Waals surface area contributed by atoms with Crippen molar-refractivity contribution < 1.29 is 14.7 Å². The molecule has 0 radical (unpaired) electrons. The van der Waals surface area contributed by atoms with Crippen LogP contribution in [0, 0.1) is 5.92 Å². The molecule has 1 amide bonds. The topological polar surface area (TPSA) is 69.6 Å². The van der Waals surface area contributed by atoms with Crippen molar-refractivity contribution in [1.29, 1.82) is 0 Å². The molecule has 0 spiro atoms. The number of rotatable bonds is 4. The van der Waals surface area contributed by atoms with Gasteiger partial charge in [0.15, 0.2) is 0 Å². The number of aliphatic carboxylic acids is 1. The second-order valence-electron chi connectivity index (χ2n) is 3.79. The highest BCUT2D eigenvalue weighted by Crippen LogP contribution is 2.13. The molecule has 1 atom stereocenters. The van der Waals surface area contributed by atoms with E-state index >= 15 is 0 Å². The molecule has 1 heterocycles. The summed E-state index contributed by atoms with van der Waals surface area (Å²) in [5.41, 5.74) is 0. The van der Waals surface area contributed by atoms with Gasteiger partial charge in [-0.25, -0.2) is 0 Å². The van der Waals surface area contributed by atoms with Crippen molar-refractivity contribution in [1.82, 2.24) is 10.2 Å². The summed E-state index contributed by atoms with van der Waals surface area (Å²) in [6, 6.07) is 0. The van der Waals surface area contributed by atoms with E-state index in [2.05, 4.69) is 5.32 Å². The number of nitrogens with one attached hydrogen (secondary N) is 1. The lowest BCUT2D eigenvalue weighted by Gasteiger charge is -2.27. The van der Waals surface area contributed by atoms with E-state index in [0.29, 0.717) is 13.1 Å². The zero-order chi connectivity index (χ0) is 11.3. The lowest BCUT2D eigenvalue weighted by molar-refractivity contribution is -0.146. The number of carbonyl (C=O) groups is 2. The Balaban J connectivity index is 2.50.